The number of amides is 1. The van der Waals surface area contributed by atoms with Gasteiger partial charge < -0.3 is 11.1 Å². The van der Waals surface area contributed by atoms with Gasteiger partial charge >= 0.3 is 0 Å². The van der Waals surface area contributed by atoms with Gasteiger partial charge in [0.1, 0.15) is 10.8 Å². The van der Waals surface area contributed by atoms with Crippen molar-refractivity contribution >= 4 is 22.4 Å². The molecule has 2 rings (SSSR count). The molecular weight excluding hydrogens is 315 g/mol. The van der Waals surface area contributed by atoms with Crippen LogP contribution >= 0.6 is 11.3 Å². The normalized spacial score (nSPS) is 10.7. The van der Waals surface area contributed by atoms with Crippen LogP contribution in [0.25, 0.3) is 0 Å². The van der Waals surface area contributed by atoms with Crippen LogP contribution in [-0.2, 0) is 11.2 Å². The number of unbranched alkanes of at least 4 members (excludes halogenated alkanes) is 3. The van der Waals surface area contributed by atoms with Crippen LogP contribution < -0.4 is 11.1 Å². The lowest BCUT2D eigenvalue weighted by Crippen LogP contribution is -2.10. The summed E-state index contributed by atoms with van der Waals surface area (Å²) in [6.45, 7) is 0.696. The molecule has 23 heavy (non-hydrogen) atoms. The van der Waals surface area contributed by atoms with E-state index in [0.717, 1.165) is 25.7 Å². The van der Waals surface area contributed by atoms with Crippen molar-refractivity contribution in [2.45, 2.75) is 38.5 Å². The van der Waals surface area contributed by atoms with Crippen LogP contribution in [0.15, 0.2) is 24.3 Å². The first-order chi connectivity index (χ1) is 11.2. The average molecular weight is 336 g/mol. The first-order valence-electron chi connectivity index (χ1n) is 7.74. The van der Waals surface area contributed by atoms with Gasteiger partial charge in [0.15, 0.2) is 0 Å². The van der Waals surface area contributed by atoms with Gasteiger partial charge in [0, 0.05) is 12.8 Å². The number of benzene rings is 1. The maximum absolute atomic E-state index is 13.6. The Balaban J connectivity index is 1.78. The number of nitrogens with two attached hydrogens (primary N) is 1. The van der Waals surface area contributed by atoms with Crippen molar-refractivity contribution in [3.8, 4) is 0 Å². The van der Waals surface area contributed by atoms with Crippen molar-refractivity contribution in [3.63, 3.8) is 0 Å². The summed E-state index contributed by atoms with van der Waals surface area (Å²) in [5.74, 6) is -0.322. The van der Waals surface area contributed by atoms with Crippen LogP contribution in [0, 0.1) is 5.82 Å². The van der Waals surface area contributed by atoms with E-state index in [1.165, 1.54) is 17.4 Å². The first kappa shape index (κ1) is 17.5. The third-order valence-corrected chi connectivity index (χ3v) is 4.21. The average Bonchev–Trinajstić information content (AvgIpc) is 2.96. The Bertz CT molecular complexity index is 632. The van der Waals surface area contributed by atoms with E-state index in [1.807, 2.05) is 0 Å². The van der Waals surface area contributed by atoms with E-state index < -0.39 is 0 Å². The molecule has 0 bridgehead atoms. The molecule has 0 radical (unpaired) electrons. The highest BCUT2D eigenvalue weighted by Gasteiger charge is 2.10. The quantitative estimate of drug-likeness (QED) is 0.690. The van der Waals surface area contributed by atoms with Gasteiger partial charge in [-0.2, -0.15) is 0 Å². The van der Waals surface area contributed by atoms with E-state index in [2.05, 4.69) is 15.5 Å². The molecule has 2 aromatic rings. The SMILES string of the molecule is NCCCCCCC(=O)Nc1nnc(Cc2ccccc2F)s1. The fourth-order valence-corrected chi connectivity index (χ4v) is 2.92. The molecule has 0 saturated heterocycles. The molecular formula is C16H21FN4OS. The first-order valence-corrected chi connectivity index (χ1v) is 8.56. The van der Waals surface area contributed by atoms with Crippen LogP contribution in [0.3, 0.4) is 0 Å². The van der Waals surface area contributed by atoms with Crippen molar-refractivity contribution < 1.29 is 9.18 Å². The highest BCUT2D eigenvalue weighted by Crippen LogP contribution is 2.20. The minimum absolute atomic E-state index is 0.0636. The Labute approximate surface area is 139 Å². The van der Waals surface area contributed by atoms with Gasteiger partial charge in [-0.1, -0.05) is 42.4 Å². The predicted octanol–water partition coefficient (Wildman–Crippen LogP) is 3.12. The third kappa shape index (κ3) is 6.03. The van der Waals surface area contributed by atoms with E-state index in [9.17, 15) is 9.18 Å². The molecule has 0 spiro atoms. The monoisotopic (exact) mass is 336 g/mol. The lowest BCUT2D eigenvalue weighted by atomic mass is 10.1. The largest absolute Gasteiger partial charge is 0.330 e. The van der Waals surface area contributed by atoms with E-state index in [0.29, 0.717) is 35.1 Å². The standard InChI is InChI=1S/C16H21FN4OS/c17-13-8-5-4-7-12(13)11-15-20-21-16(23-15)19-14(22)9-3-1-2-6-10-18/h4-5,7-8H,1-3,6,9-11,18H2,(H,19,21,22). The van der Waals surface area contributed by atoms with Crippen molar-refractivity contribution in [1.29, 1.82) is 0 Å². The van der Waals surface area contributed by atoms with E-state index >= 15 is 0 Å². The van der Waals surface area contributed by atoms with Crippen LogP contribution in [0.2, 0.25) is 0 Å². The topological polar surface area (TPSA) is 80.9 Å². The summed E-state index contributed by atoms with van der Waals surface area (Å²) in [5.41, 5.74) is 5.99. The molecule has 0 unspecified atom stereocenters. The van der Waals surface area contributed by atoms with Crippen LogP contribution in [0.4, 0.5) is 9.52 Å². The summed E-state index contributed by atoms with van der Waals surface area (Å²) in [4.78, 5) is 11.8. The minimum Gasteiger partial charge on any atom is -0.330 e. The van der Waals surface area contributed by atoms with Crippen LogP contribution in [-0.4, -0.2) is 22.6 Å². The Morgan fingerprint density at radius 1 is 1.17 bits per heavy atom. The van der Waals surface area contributed by atoms with Crippen LogP contribution in [0.5, 0.6) is 0 Å². The zero-order chi connectivity index (χ0) is 16.5. The fraction of sp³-hybridized carbons (Fsp3) is 0.438. The number of hydrogen-bond donors (Lipinski definition) is 2. The molecule has 7 heteroatoms. The molecule has 3 N–H and O–H groups in total. The zero-order valence-electron chi connectivity index (χ0n) is 12.9. The van der Waals surface area contributed by atoms with Crippen molar-refractivity contribution in [2.24, 2.45) is 5.73 Å². The van der Waals surface area contributed by atoms with Gasteiger partial charge in [-0.15, -0.1) is 10.2 Å². The minimum atomic E-state index is -0.259. The summed E-state index contributed by atoms with van der Waals surface area (Å²) in [6, 6.07) is 6.57. The molecule has 1 aromatic heterocycles. The number of nitrogens with one attached hydrogen (secondary N) is 1. The summed E-state index contributed by atoms with van der Waals surface area (Å²) < 4.78 is 13.6. The van der Waals surface area contributed by atoms with Crippen molar-refractivity contribution in [1.82, 2.24) is 10.2 Å². The van der Waals surface area contributed by atoms with Gasteiger partial charge in [0.05, 0.1) is 0 Å². The lowest BCUT2D eigenvalue weighted by Gasteiger charge is -2.01. The molecule has 0 aliphatic heterocycles. The molecule has 0 saturated carbocycles. The van der Waals surface area contributed by atoms with Gasteiger partial charge in [-0.3, -0.25) is 4.79 Å². The number of halogens is 1. The molecule has 1 aromatic carbocycles. The third-order valence-electron chi connectivity index (χ3n) is 3.37. The lowest BCUT2D eigenvalue weighted by molar-refractivity contribution is -0.116. The maximum Gasteiger partial charge on any atom is 0.226 e. The second-order valence-corrected chi connectivity index (χ2v) is 6.33. The maximum atomic E-state index is 13.6. The van der Waals surface area contributed by atoms with E-state index in [4.69, 9.17) is 5.73 Å². The molecule has 0 atom stereocenters. The number of hydrogen-bond acceptors (Lipinski definition) is 5. The van der Waals surface area contributed by atoms with E-state index in [-0.39, 0.29) is 11.7 Å². The Morgan fingerprint density at radius 2 is 1.96 bits per heavy atom. The highest BCUT2D eigenvalue weighted by molar-refractivity contribution is 7.15. The number of aromatic nitrogens is 2. The van der Waals surface area contributed by atoms with Gasteiger partial charge in [0.2, 0.25) is 11.0 Å². The van der Waals surface area contributed by atoms with Crippen molar-refractivity contribution in [2.75, 3.05) is 11.9 Å². The fourth-order valence-electron chi connectivity index (χ4n) is 2.15. The summed E-state index contributed by atoms with van der Waals surface area (Å²) in [7, 11) is 0. The Morgan fingerprint density at radius 3 is 2.74 bits per heavy atom. The second kappa shape index (κ2) is 9.32. The summed E-state index contributed by atoms with van der Waals surface area (Å²) >= 11 is 1.27. The van der Waals surface area contributed by atoms with Gasteiger partial charge in [-0.25, -0.2) is 4.39 Å². The molecule has 1 amide bonds. The van der Waals surface area contributed by atoms with Gasteiger partial charge in [-0.05, 0) is 31.0 Å². The highest BCUT2D eigenvalue weighted by atomic mass is 32.1. The predicted molar refractivity (Wildman–Crippen MR) is 89.9 cm³/mol. The van der Waals surface area contributed by atoms with Gasteiger partial charge in [0.25, 0.3) is 0 Å². The van der Waals surface area contributed by atoms with Crippen molar-refractivity contribution in [3.05, 3.63) is 40.7 Å². The summed E-state index contributed by atoms with van der Waals surface area (Å²) in [5, 5.41) is 11.8. The smallest absolute Gasteiger partial charge is 0.226 e. The molecule has 0 fully saturated rings. The number of nitrogens with zero attached hydrogens (tertiary/aromatic N) is 2. The van der Waals surface area contributed by atoms with E-state index in [1.54, 1.807) is 18.2 Å². The zero-order valence-corrected chi connectivity index (χ0v) is 13.7. The number of anilines is 1. The second-order valence-electron chi connectivity index (χ2n) is 5.27. The Hall–Kier alpha value is -1.86. The van der Waals surface area contributed by atoms with Crippen LogP contribution in [0.1, 0.15) is 42.7 Å². The summed E-state index contributed by atoms with van der Waals surface area (Å²) in [6.07, 6.45) is 4.73. The molecule has 5 nitrogen and oxygen atoms in total. The molecule has 124 valence electrons. The Kier molecular flexibility index (Phi) is 7.09. The number of carbonyl (C=O) groups is 1. The molecule has 1 heterocycles. The molecule has 0 aliphatic carbocycles. The molecule has 0 aliphatic rings. The number of carbonyl (C=O) groups excluding carboxylic acids is 1. The number of rotatable bonds is 9.